The SMILES string of the molecule is C=CC(=O)Nc1cccc(OC)n1. The number of rotatable bonds is 3. The van der Waals surface area contributed by atoms with Crippen LogP contribution in [0.25, 0.3) is 0 Å². The Hall–Kier alpha value is -1.84. The predicted octanol–water partition coefficient (Wildman–Crippen LogP) is 1.21. The summed E-state index contributed by atoms with van der Waals surface area (Å²) < 4.78 is 4.88. The molecule has 0 aliphatic rings. The fraction of sp³-hybridized carbons (Fsp3) is 0.111. The molecule has 0 radical (unpaired) electrons. The molecule has 0 saturated carbocycles. The van der Waals surface area contributed by atoms with Gasteiger partial charge in [-0.05, 0) is 12.1 Å². The van der Waals surface area contributed by atoms with E-state index in [1.165, 1.54) is 13.2 Å². The second-order valence-corrected chi connectivity index (χ2v) is 2.26. The van der Waals surface area contributed by atoms with Crippen LogP contribution in [0.2, 0.25) is 0 Å². The molecule has 4 nitrogen and oxygen atoms in total. The maximum atomic E-state index is 10.9. The van der Waals surface area contributed by atoms with Gasteiger partial charge in [-0.15, -0.1) is 0 Å². The molecule has 0 atom stereocenters. The van der Waals surface area contributed by atoms with Crippen molar-refractivity contribution in [2.24, 2.45) is 0 Å². The molecule has 0 unspecified atom stereocenters. The Labute approximate surface area is 76.2 Å². The van der Waals surface area contributed by atoms with Crippen LogP contribution in [-0.4, -0.2) is 18.0 Å². The molecule has 1 heterocycles. The van der Waals surface area contributed by atoms with Gasteiger partial charge in [-0.25, -0.2) is 0 Å². The number of ether oxygens (including phenoxy) is 1. The smallest absolute Gasteiger partial charge is 0.248 e. The first-order chi connectivity index (χ1) is 6.26. The highest BCUT2D eigenvalue weighted by Crippen LogP contribution is 2.10. The molecule has 0 aliphatic heterocycles. The lowest BCUT2D eigenvalue weighted by Gasteiger charge is -2.02. The number of hydrogen-bond acceptors (Lipinski definition) is 3. The van der Waals surface area contributed by atoms with Crippen molar-refractivity contribution in [3.63, 3.8) is 0 Å². The number of hydrogen-bond donors (Lipinski definition) is 1. The largest absolute Gasteiger partial charge is 0.481 e. The van der Waals surface area contributed by atoms with Gasteiger partial charge >= 0.3 is 0 Å². The highest BCUT2D eigenvalue weighted by molar-refractivity contribution is 5.98. The topological polar surface area (TPSA) is 51.2 Å². The number of amides is 1. The van der Waals surface area contributed by atoms with Gasteiger partial charge in [-0.3, -0.25) is 4.79 Å². The third-order valence-corrected chi connectivity index (χ3v) is 1.37. The molecule has 68 valence electrons. The number of methoxy groups -OCH3 is 1. The molecule has 13 heavy (non-hydrogen) atoms. The van der Waals surface area contributed by atoms with Crippen LogP contribution in [0.5, 0.6) is 5.88 Å². The second kappa shape index (κ2) is 4.25. The fourth-order valence-electron chi connectivity index (χ4n) is 0.775. The summed E-state index contributed by atoms with van der Waals surface area (Å²) in [6, 6.07) is 5.11. The quantitative estimate of drug-likeness (QED) is 0.708. The third kappa shape index (κ3) is 2.59. The highest BCUT2D eigenvalue weighted by atomic mass is 16.5. The zero-order chi connectivity index (χ0) is 9.68. The van der Waals surface area contributed by atoms with E-state index in [9.17, 15) is 4.79 Å². The second-order valence-electron chi connectivity index (χ2n) is 2.26. The van der Waals surface area contributed by atoms with Crippen molar-refractivity contribution >= 4 is 11.7 Å². The van der Waals surface area contributed by atoms with Crippen molar-refractivity contribution in [2.45, 2.75) is 0 Å². The number of aromatic nitrogens is 1. The Bertz CT molecular complexity index is 323. The van der Waals surface area contributed by atoms with Gasteiger partial charge in [0.1, 0.15) is 5.82 Å². The van der Waals surface area contributed by atoms with E-state index in [4.69, 9.17) is 4.74 Å². The number of carbonyl (C=O) groups is 1. The molecule has 1 amide bonds. The van der Waals surface area contributed by atoms with Gasteiger partial charge in [-0.1, -0.05) is 12.6 Å². The molecule has 1 rings (SSSR count). The molecule has 0 bridgehead atoms. The van der Waals surface area contributed by atoms with Crippen molar-refractivity contribution in [3.8, 4) is 5.88 Å². The van der Waals surface area contributed by atoms with Crippen LogP contribution in [0.3, 0.4) is 0 Å². The summed E-state index contributed by atoms with van der Waals surface area (Å²) >= 11 is 0. The predicted molar refractivity (Wildman–Crippen MR) is 49.6 cm³/mol. The highest BCUT2D eigenvalue weighted by Gasteiger charge is 1.99. The van der Waals surface area contributed by atoms with E-state index < -0.39 is 0 Å². The van der Waals surface area contributed by atoms with E-state index in [2.05, 4.69) is 16.9 Å². The van der Waals surface area contributed by atoms with Gasteiger partial charge in [0.25, 0.3) is 0 Å². The first-order valence-electron chi connectivity index (χ1n) is 3.70. The summed E-state index contributed by atoms with van der Waals surface area (Å²) in [6.07, 6.45) is 1.18. The normalized spacial score (nSPS) is 9.00. The molecule has 1 aromatic rings. The van der Waals surface area contributed by atoms with E-state index in [0.29, 0.717) is 11.7 Å². The molecule has 0 aromatic carbocycles. The monoisotopic (exact) mass is 178 g/mol. The summed E-state index contributed by atoms with van der Waals surface area (Å²) in [4.78, 5) is 14.8. The number of nitrogens with zero attached hydrogens (tertiary/aromatic N) is 1. The average molecular weight is 178 g/mol. The lowest BCUT2D eigenvalue weighted by molar-refractivity contribution is -0.111. The van der Waals surface area contributed by atoms with Crippen LogP contribution in [0.4, 0.5) is 5.82 Å². The van der Waals surface area contributed by atoms with Gasteiger partial charge in [0.05, 0.1) is 7.11 Å². The van der Waals surface area contributed by atoms with E-state index in [-0.39, 0.29) is 5.91 Å². The van der Waals surface area contributed by atoms with Crippen LogP contribution < -0.4 is 10.1 Å². The van der Waals surface area contributed by atoms with Crippen molar-refractivity contribution in [1.29, 1.82) is 0 Å². The van der Waals surface area contributed by atoms with E-state index in [0.717, 1.165) is 0 Å². The van der Waals surface area contributed by atoms with Crippen LogP contribution in [0.15, 0.2) is 30.9 Å². The maximum absolute atomic E-state index is 10.9. The van der Waals surface area contributed by atoms with Gasteiger partial charge in [0.2, 0.25) is 11.8 Å². The summed E-state index contributed by atoms with van der Waals surface area (Å²) in [7, 11) is 1.52. The molecule has 4 heteroatoms. The van der Waals surface area contributed by atoms with Gasteiger partial charge in [0.15, 0.2) is 0 Å². The van der Waals surface area contributed by atoms with Crippen molar-refractivity contribution in [3.05, 3.63) is 30.9 Å². The van der Waals surface area contributed by atoms with Crippen LogP contribution >= 0.6 is 0 Å². The molecule has 1 N–H and O–H groups in total. The molecular formula is C9H10N2O2. The summed E-state index contributed by atoms with van der Waals surface area (Å²) in [5.41, 5.74) is 0. The summed E-state index contributed by atoms with van der Waals surface area (Å²) in [5, 5.41) is 2.52. The van der Waals surface area contributed by atoms with E-state index >= 15 is 0 Å². The van der Waals surface area contributed by atoms with Gasteiger partial charge in [0, 0.05) is 6.07 Å². The minimum atomic E-state index is -0.291. The minimum Gasteiger partial charge on any atom is -0.481 e. The molecule has 0 aliphatic carbocycles. The fourth-order valence-corrected chi connectivity index (χ4v) is 0.775. The Morgan fingerprint density at radius 2 is 2.46 bits per heavy atom. The molecule has 0 saturated heterocycles. The Morgan fingerprint density at radius 1 is 1.69 bits per heavy atom. The lowest BCUT2D eigenvalue weighted by atomic mass is 10.4. The molecule has 0 spiro atoms. The Balaban J connectivity index is 2.77. The van der Waals surface area contributed by atoms with Crippen molar-refractivity contribution in [1.82, 2.24) is 4.98 Å². The zero-order valence-corrected chi connectivity index (χ0v) is 7.28. The van der Waals surface area contributed by atoms with E-state index in [1.807, 2.05) is 0 Å². The van der Waals surface area contributed by atoms with Crippen LogP contribution in [0.1, 0.15) is 0 Å². The molecular weight excluding hydrogens is 168 g/mol. The number of anilines is 1. The zero-order valence-electron chi connectivity index (χ0n) is 7.28. The van der Waals surface area contributed by atoms with Gasteiger partial charge in [-0.2, -0.15) is 4.98 Å². The standard InChI is InChI=1S/C9H10N2O2/c1-3-8(12)10-7-5-4-6-9(11-7)13-2/h3-6H,1H2,2H3,(H,10,11,12). The third-order valence-electron chi connectivity index (χ3n) is 1.37. The maximum Gasteiger partial charge on any atom is 0.248 e. The number of nitrogens with one attached hydrogen (secondary N) is 1. The van der Waals surface area contributed by atoms with Gasteiger partial charge < -0.3 is 10.1 Å². The number of pyridine rings is 1. The average Bonchev–Trinajstić information content (AvgIpc) is 2.18. The number of carbonyl (C=O) groups excluding carboxylic acids is 1. The summed E-state index contributed by atoms with van der Waals surface area (Å²) in [6.45, 7) is 3.33. The molecule has 1 aromatic heterocycles. The summed E-state index contributed by atoms with van der Waals surface area (Å²) in [5.74, 6) is 0.617. The first-order valence-corrected chi connectivity index (χ1v) is 3.70. The van der Waals surface area contributed by atoms with E-state index in [1.54, 1.807) is 18.2 Å². The molecule has 0 fully saturated rings. The van der Waals surface area contributed by atoms with Crippen molar-refractivity contribution in [2.75, 3.05) is 12.4 Å². The minimum absolute atomic E-state index is 0.291. The van der Waals surface area contributed by atoms with Crippen LogP contribution in [-0.2, 0) is 4.79 Å². The lowest BCUT2D eigenvalue weighted by Crippen LogP contribution is -2.08. The Kier molecular flexibility index (Phi) is 3.03. The Morgan fingerprint density at radius 3 is 3.08 bits per heavy atom. The van der Waals surface area contributed by atoms with Crippen molar-refractivity contribution < 1.29 is 9.53 Å². The van der Waals surface area contributed by atoms with Crippen LogP contribution in [0, 0.1) is 0 Å². The first kappa shape index (κ1) is 9.25.